The third kappa shape index (κ3) is 9.37. The van der Waals surface area contributed by atoms with E-state index in [9.17, 15) is 13.2 Å². The third-order valence-corrected chi connectivity index (χ3v) is 7.62. The van der Waals surface area contributed by atoms with E-state index in [0.29, 0.717) is 22.8 Å². The highest BCUT2D eigenvalue weighted by atomic mass is 35.5. The molecule has 0 amide bonds. The van der Waals surface area contributed by atoms with Gasteiger partial charge in [0.2, 0.25) is 0 Å². The highest BCUT2D eigenvalue weighted by Gasteiger charge is 2.33. The van der Waals surface area contributed by atoms with Crippen LogP contribution in [0.2, 0.25) is 0 Å². The molecule has 2 aromatic carbocycles. The lowest BCUT2D eigenvalue weighted by Crippen LogP contribution is -2.26. The molecule has 1 atom stereocenters. The lowest BCUT2D eigenvalue weighted by atomic mass is 9.97. The van der Waals surface area contributed by atoms with Crippen molar-refractivity contribution in [2.45, 2.75) is 76.7 Å². The largest absolute Gasteiger partial charge is 0.481 e. The Morgan fingerprint density at radius 2 is 1.67 bits per heavy atom. The van der Waals surface area contributed by atoms with Crippen LogP contribution in [0.1, 0.15) is 81.5 Å². The number of hydrogen-bond acceptors (Lipinski definition) is 5. The quantitative estimate of drug-likeness (QED) is 0.173. The Balaban J connectivity index is 0.000000359. The maximum absolute atomic E-state index is 12.8. The Labute approximate surface area is 220 Å². The molecule has 10 heteroatoms. The van der Waals surface area contributed by atoms with Gasteiger partial charge in [0.05, 0.1) is 16.6 Å². The molecule has 2 aromatic rings. The number of carboxylic acids is 1. The summed E-state index contributed by atoms with van der Waals surface area (Å²) in [4.78, 5) is 14.0. The minimum atomic E-state index is -3.57. The van der Waals surface area contributed by atoms with Crippen molar-refractivity contribution in [3.63, 3.8) is 0 Å². The lowest BCUT2D eigenvalue weighted by Gasteiger charge is -2.19. The number of halogens is 1. The SMILES string of the molecule is CC.Cc1ccc2c(c1)S(=O)(=O)N(C)c1ccccc1C2N.O=C(O)CCCCCCCC[OH+]OCl. The molecule has 0 aliphatic carbocycles. The normalized spacial score (nSPS) is 15.3. The molecule has 0 aromatic heterocycles. The fourth-order valence-corrected chi connectivity index (χ4v) is 5.41. The average Bonchev–Trinajstić information content (AvgIpc) is 2.93. The number of aryl methyl sites for hydroxylation is 1. The Morgan fingerprint density at radius 1 is 1.06 bits per heavy atom. The van der Waals surface area contributed by atoms with E-state index in [1.165, 1.54) is 4.31 Å². The van der Waals surface area contributed by atoms with Crippen LogP contribution in [0, 0.1) is 6.92 Å². The molecule has 3 rings (SSSR count). The van der Waals surface area contributed by atoms with E-state index < -0.39 is 22.0 Å². The van der Waals surface area contributed by atoms with Gasteiger partial charge in [-0.1, -0.05) is 63.4 Å². The summed E-state index contributed by atoms with van der Waals surface area (Å²) >= 11 is 4.89. The van der Waals surface area contributed by atoms with E-state index in [-0.39, 0.29) is 6.42 Å². The molecule has 1 heterocycles. The molecule has 1 aliphatic heterocycles. The van der Waals surface area contributed by atoms with Gasteiger partial charge in [0.1, 0.15) is 0 Å². The van der Waals surface area contributed by atoms with Crippen molar-refractivity contribution >= 4 is 33.5 Å². The Bertz CT molecular complexity index is 1050. The third-order valence-electron chi connectivity index (χ3n) is 5.69. The Morgan fingerprint density at radius 3 is 2.31 bits per heavy atom. The molecule has 0 saturated heterocycles. The number of unbranched alkanes of at least 4 members (excludes halogenated alkanes) is 5. The first-order valence-electron chi connectivity index (χ1n) is 12.3. The van der Waals surface area contributed by atoms with Crippen molar-refractivity contribution in [2.75, 3.05) is 18.0 Å². The molecule has 0 saturated carbocycles. The maximum atomic E-state index is 12.8. The van der Waals surface area contributed by atoms with Gasteiger partial charge in [-0.05, 0) is 48.6 Å². The minimum absolute atomic E-state index is 0.287. The molecular weight excluding hydrogens is 504 g/mol. The fourth-order valence-electron chi connectivity index (χ4n) is 3.80. The number of nitrogens with two attached hydrogens (primary N) is 1. The topological polar surface area (TPSA) is 123 Å². The van der Waals surface area contributed by atoms with Crippen LogP contribution in [0.15, 0.2) is 47.4 Å². The van der Waals surface area contributed by atoms with Crippen molar-refractivity contribution < 1.29 is 27.6 Å². The number of para-hydroxylation sites is 1. The number of carboxylic acid groups (broad SMARTS) is 1. The second kappa shape index (κ2) is 16.6. The van der Waals surface area contributed by atoms with Gasteiger partial charge < -0.3 is 10.8 Å². The Kier molecular flexibility index (Phi) is 14.6. The number of aliphatic hydroxyl groups is 1. The molecule has 0 bridgehead atoms. The van der Waals surface area contributed by atoms with Crippen LogP contribution in [-0.4, -0.2) is 38.0 Å². The van der Waals surface area contributed by atoms with Crippen molar-refractivity contribution in [3.05, 3.63) is 59.2 Å². The van der Waals surface area contributed by atoms with Crippen molar-refractivity contribution in [1.29, 1.82) is 0 Å². The van der Waals surface area contributed by atoms with Crippen molar-refractivity contribution in [3.8, 4) is 0 Å². The monoisotopic (exact) mass is 543 g/mol. The van der Waals surface area contributed by atoms with Gasteiger partial charge in [-0.3, -0.25) is 9.10 Å². The number of anilines is 1. The van der Waals surface area contributed by atoms with Crippen LogP contribution in [0.3, 0.4) is 0 Å². The molecule has 1 unspecified atom stereocenters. The summed E-state index contributed by atoms with van der Waals surface area (Å²) in [5, 5.41) is 8.37. The summed E-state index contributed by atoms with van der Waals surface area (Å²) in [6, 6.07) is 12.3. The van der Waals surface area contributed by atoms with Crippen LogP contribution in [0.5, 0.6) is 0 Å². The molecule has 4 N–H and O–H groups in total. The summed E-state index contributed by atoms with van der Waals surface area (Å²) in [6.07, 6.45) is 6.35. The van der Waals surface area contributed by atoms with Gasteiger partial charge in [0.25, 0.3) is 10.0 Å². The van der Waals surface area contributed by atoms with Gasteiger partial charge >= 0.3 is 5.97 Å². The number of sulfonamides is 1. The number of nitrogens with zero attached hydrogens (tertiary/aromatic N) is 1. The number of carbonyl (C=O) groups is 1. The first-order chi connectivity index (χ1) is 17.2. The van der Waals surface area contributed by atoms with E-state index in [2.05, 4.69) is 9.33 Å². The van der Waals surface area contributed by atoms with E-state index >= 15 is 0 Å². The first kappa shape index (κ1) is 31.9. The molecule has 0 radical (unpaired) electrons. The van der Waals surface area contributed by atoms with Gasteiger partial charge in [0.15, 0.2) is 18.5 Å². The molecule has 1 aliphatic rings. The van der Waals surface area contributed by atoms with Crippen LogP contribution < -0.4 is 10.0 Å². The second-order valence-corrected chi connectivity index (χ2v) is 10.3. The van der Waals surface area contributed by atoms with Gasteiger partial charge in [-0.2, -0.15) is 0 Å². The Hall–Kier alpha value is -2.17. The van der Waals surface area contributed by atoms with Crippen molar-refractivity contribution in [2.24, 2.45) is 5.73 Å². The number of aliphatic carboxylic acids is 1. The van der Waals surface area contributed by atoms with E-state index in [1.54, 1.807) is 19.2 Å². The van der Waals surface area contributed by atoms with Crippen LogP contribution in [0.25, 0.3) is 0 Å². The van der Waals surface area contributed by atoms with Gasteiger partial charge in [0, 0.05) is 24.3 Å². The molecular formula is C26H40ClN2O6S+. The van der Waals surface area contributed by atoms with Crippen LogP contribution >= 0.6 is 11.9 Å². The second-order valence-electron chi connectivity index (χ2n) is 8.24. The summed E-state index contributed by atoms with van der Waals surface area (Å²) in [6.45, 7) is 6.51. The molecule has 36 heavy (non-hydrogen) atoms. The lowest BCUT2D eigenvalue weighted by molar-refractivity contribution is -0.340. The summed E-state index contributed by atoms with van der Waals surface area (Å²) in [5.74, 6) is -0.705. The minimum Gasteiger partial charge on any atom is -0.481 e. The zero-order valence-corrected chi connectivity index (χ0v) is 23.2. The van der Waals surface area contributed by atoms with Gasteiger partial charge in [-0.15, -0.1) is 0 Å². The van der Waals surface area contributed by atoms with E-state index in [0.717, 1.165) is 49.7 Å². The summed E-state index contributed by atoms with van der Waals surface area (Å²) < 4.78 is 30.9. The number of rotatable bonds is 10. The zero-order valence-electron chi connectivity index (χ0n) is 21.6. The van der Waals surface area contributed by atoms with Crippen LogP contribution in [0.4, 0.5) is 5.69 Å². The predicted octanol–water partition coefficient (Wildman–Crippen LogP) is 5.62. The molecule has 0 fully saturated rings. The molecule has 202 valence electrons. The highest BCUT2D eigenvalue weighted by molar-refractivity contribution is 7.92. The number of fused-ring (bicyclic) bond motifs is 2. The zero-order chi connectivity index (χ0) is 27.1. The maximum Gasteiger partial charge on any atom is 0.303 e. The predicted molar refractivity (Wildman–Crippen MR) is 145 cm³/mol. The smallest absolute Gasteiger partial charge is 0.303 e. The first-order valence-corrected chi connectivity index (χ1v) is 14.0. The summed E-state index contributed by atoms with van der Waals surface area (Å²) in [7, 11) is -2.00. The van der Waals surface area contributed by atoms with Gasteiger partial charge in [-0.25, -0.2) is 13.3 Å². The molecule has 8 nitrogen and oxygen atoms in total. The molecule has 0 spiro atoms. The van der Waals surface area contributed by atoms with E-state index in [4.69, 9.17) is 22.7 Å². The van der Waals surface area contributed by atoms with E-state index in [1.807, 2.05) is 51.1 Å². The standard InChI is InChI=1S/C15H16N2O2S.C9H17ClO4.C2H6/c1-10-7-8-12-14(9-10)20(18,19)17(2)13-6-4-3-5-11(13)15(12)16;10-14-13-8-6-4-2-1-3-5-7-9(11)12;1-2/h3-9,15H,16H2,1-2H3;1-8H2,(H,11,12);1-2H3/p+1. The van der Waals surface area contributed by atoms with Crippen LogP contribution in [-0.2, 0) is 19.3 Å². The number of hydrogen-bond donors (Lipinski definition) is 2. The fraction of sp³-hybridized carbons (Fsp3) is 0.500. The van der Waals surface area contributed by atoms with Crippen molar-refractivity contribution in [1.82, 2.24) is 0 Å². The average molecular weight is 544 g/mol. The number of benzene rings is 2. The summed E-state index contributed by atoms with van der Waals surface area (Å²) in [5.41, 5.74) is 9.30. The highest BCUT2D eigenvalue weighted by Crippen LogP contribution is 2.38.